The third-order valence-electron chi connectivity index (χ3n) is 10.0. The highest BCUT2D eigenvalue weighted by atomic mass is 16.5. The monoisotopic (exact) mass is 664 g/mol. The first-order valence-corrected chi connectivity index (χ1v) is 17.2. The number of rotatable bonds is 2. The smallest absolute Gasteiger partial charge is 0.136 e. The summed E-state index contributed by atoms with van der Waals surface area (Å²) < 4.78 is 13.5. The number of pyridine rings is 1. The molecular weight excluding hydrogens is 637 g/mol. The summed E-state index contributed by atoms with van der Waals surface area (Å²) in [5.74, 6) is 1.53. The number of para-hydroxylation sites is 2. The zero-order valence-corrected chi connectivity index (χ0v) is 27.9. The lowest BCUT2D eigenvalue weighted by Crippen LogP contribution is -1.93. The molecular formula is C48H28N2O2. The first-order valence-electron chi connectivity index (χ1n) is 17.2. The molecule has 1 aliphatic rings. The zero-order valence-electron chi connectivity index (χ0n) is 27.9. The number of hydrogen-bond acceptors (Lipinski definition) is 4. The minimum atomic E-state index is 0.626. The Balaban J connectivity index is 1.24. The fourth-order valence-electron chi connectivity index (χ4n) is 7.48. The lowest BCUT2D eigenvalue weighted by molar-refractivity contribution is 0.487. The number of nitriles is 1. The number of nitrogens with zero attached hydrogens (tertiary/aromatic N) is 2. The van der Waals surface area contributed by atoms with Crippen molar-refractivity contribution in [2.75, 3.05) is 0 Å². The van der Waals surface area contributed by atoms with Crippen molar-refractivity contribution in [2.45, 2.75) is 0 Å². The lowest BCUT2D eigenvalue weighted by atomic mass is 9.85. The van der Waals surface area contributed by atoms with E-state index >= 15 is 0 Å². The fraction of sp³-hybridized carbons (Fsp3) is 0. The van der Waals surface area contributed by atoms with Crippen LogP contribution in [0.1, 0.15) is 5.56 Å². The van der Waals surface area contributed by atoms with Crippen LogP contribution in [0.4, 0.5) is 0 Å². The SMILES string of the molecule is N#Cc1ccc(-c2ccc(-c3ccc4c(c3)-c3cc5oc6ccccc6c5cc3Oc3ccccc3-c3ccccc3-c3ccccc3-4)cn2)cc1. The normalized spacial score (nSPS) is 11.6. The van der Waals surface area contributed by atoms with Gasteiger partial charge >= 0.3 is 0 Å². The van der Waals surface area contributed by atoms with Gasteiger partial charge in [0.1, 0.15) is 22.7 Å². The van der Waals surface area contributed by atoms with Crippen LogP contribution in [-0.4, -0.2) is 4.98 Å². The molecule has 1 aliphatic heterocycles. The Bertz CT molecular complexity index is 2880. The molecule has 242 valence electrons. The van der Waals surface area contributed by atoms with Crippen molar-refractivity contribution in [2.24, 2.45) is 0 Å². The minimum Gasteiger partial charge on any atom is -0.456 e. The second-order valence-corrected chi connectivity index (χ2v) is 13.0. The summed E-state index contributed by atoms with van der Waals surface area (Å²) in [6, 6.07) is 58.4. The molecule has 0 radical (unpaired) electrons. The Hall–Kier alpha value is -7.22. The Morgan fingerprint density at radius 3 is 1.75 bits per heavy atom. The molecule has 9 aromatic rings. The Morgan fingerprint density at radius 1 is 0.423 bits per heavy atom. The Labute approximate surface area is 300 Å². The van der Waals surface area contributed by atoms with Crippen LogP contribution in [0.15, 0.2) is 174 Å². The molecule has 0 N–H and O–H groups in total. The molecule has 0 fully saturated rings. The van der Waals surface area contributed by atoms with Crippen molar-refractivity contribution in [1.29, 1.82) is 5.26 Å². The quantitative estimate of drug-likeness (QED) is 0.185. The van der Waals surface area contributed by atoms with E-state index in [1.807, 2.05) is 60.8 Å². The number of benzene rings is 7. The number of hydrogen-bond donors (Lipinski definition) is 0. The van der Waals surface area contributed by atoms with Gasteiger partial charge in [-0.05, 0) is 87.5 Å². The molecule has 0 saturated heterocycles. The molecule has 0 bridgehead atoms. The first kappa shape index (κ1) is 29.7. The van der Waals surface area contributed by atoms with Crippen molar-refractivity contribution in [1.82, 2.24) is 4.98 Å². The summed E-state index contributed by atoms with van der Waals surface area (Å²) in [7, 11) is 0. The highest BCUT2D eigenvalue weighted by molar-refractivity contribution is 6.08. The van der Waals surface area contributed by atoms with Gasteiger partial charge in [0.2, 0.25) is 0 Å². The maximum atomic E-state index is 9.23. The summed E-state index contributed by atoms with van der Waals surface area (Å²) in [5, 5.41) is 11.3. The van der Waals surface area contributed by atoms with E-state index < -0.39 is 0 Å². The standard InChI is InChI=1S/C48H28N2O2/c49-28-30-17-19-31(20-18-30)44-24-22-33(29-50-44)32-21-23-38-36-11-2-1-9-34(36)35-10-3-4-12-37(35)39-13-5-7-15-45(39)51-48-26-42-40-14-6-8-16-46(40)52-47(42)27-43(48)41(38)25-32/h1-27,29H. The van der Waals surface area contributed by atoms with Crippen LogP contribution < -0.4 is 4.74 Å². The van der Waals surface area contributed by atoms with Gasteiger partial charge in [0.15, 0.2) is 0 Å². The topological polar surface area (TPSA) is 59.0 Å². The summed E-state index contributed by atoms with van der Waals surface area (Å²) in [5.41, 5.74) is 14.7. The average molecular weight is 665 g/mol. The van der Waals surface area contributed by atoms with E-state index in [-0.39, 0.29) is 0 Å². The van der Waals surface area contributed by atoms with Gasteiger partial charge in [0.05, 0.1) is 17.3 Å². The lowest BCUT2D eigenvalue weighted by Gasteiger charge is -2.18. The van der Waals surface area contributed by atoms with Gasteiger partial charge in [-0.25, -0.2) is 0 Å². The van der Waals surface area contributed by atoms with Crippen LogP contribution in [0, 0.1) is 11.3 Å². The van der Waals surface area contributed by atoms with Gasteiger partial charge in [-0.2, -0.15) is 5.26 Å². The van der Waals surface area contributed by atoms with Crippen molar-refractivity contribution in [3.8, 4) is 84.5 Å². The van der Waals surface area contributed by atoms with Gasteiger partial charge in [0.25, 0.3) is 0 Å². The van der Waals surface area contributed by atoms with E-state index in [2.05, 4.69) is 115 Å². The average Bonchev–Trinajstić information content (AvgIpc) is 3.57. The summed E-state index contributed by atoms with van der Waals surface area (Å²) >= 11 is 0. The van der Waals surface area contributed by atoms with Crippen LogP contribution in [0.2, 0.25) is 0 Å². The summed E-state index contributed by atoms with van der Waals surface area (Å²) in [4.78, 5) is 4.84. The molecule has 0 amide bonds. The van der Waals surface area contributed by atoms with Crippen molar-refractivity contribution in [3.63, 3.8) is 0 Å². The second kappa shape index (κ2) is 12.0. The first-order chi connectivity index (χ1) is 25.7. The second-order valence-electron chi connectivity index (χ2n) is 13.0. The number of aromatic nitrogens is 1. The van der Waals surface area contributed by atoms with Crippen LogP contribution in [-0.2, 0) is 0 Å². The Kier molecular flexibility index (Phi) is 6.84. The number of furan rings is 1. The molecule has 0 atom stereocenters. The van der Waals surface area contributed by atoms with E-state index in [4.69, 9.17) is 14.1 Å². The van der Waals surface area contributed by atoms with E-state index in [0.717, 1.165) is 100 Å². The van der Waals surface area contributed by atoms with Crippen LogP contribution in [0.3, 0.4) is 0 Å². The molecule has 0 aliphatic carbocycles. The van der Waals surface area contributed by atoms with Crippen LogP contribution >= 0.6 is 0 Å². The van der Waals surface area contributed by atoms with Crippen molar-refractivity contribution in [3.05, 3.63) is 176 Å². The fourth-order valence-corrected chi connectivity index (χ4v) is 7.48. The highest BCUT2D eigenvalue weighted by Gasteiger charge is 2.23. The predicted octanol–water partition coefficient (Wildman–Crippen LogP) is 13.0. The summed E-state index contributed by atoms with van der Waals surface area (Å²) in [6.07, 6.45) is 1.92. The third kappa shape index (κ3) is 4.87. The van der Waals surface area contributed by atoms with E-state index in [0.29, 0.717) is 5.56 Å². The maximum absolute atomic E-state index is 9.23. The van der Waals surface area contributed by atoms with Crippen LogP contribution in [0.25, 0.3) is 88.8 Å². The van der Waals surface area contributed by atoms with Crippen LogP contribution in [0.5, 0.6) is 11.5 Å². The predicted molar refractivity (Wildman–Crippen MR) is 209 cm³/mol. The van der Waals surface area contributed by atoms with Crippen molar-refractivity contribution < 1.29 is 9.15 Å². The molecule has 0 saturated carbocycles. The summed E-state index contributed by atoms with van der Waals surface area (Å²) in [6.45, 7) is 0. The highest BCUT2D eigenvalue weighted by Crippen LogP contribution is 2.50. The molecule has 0 unspecified atom stereocenters. The third-order valence-corrected chi connectivity index (χ3v) is 10.0. The van der Waals surface area contributed by atoms with Gasteiger partial charge in [-0.15, -0.1) is 0 Å². The zero-order chi connectivity index (χ0) is 34.6. The van der Waals surface area contributed by atoms with E-state index in [1.54, 1.807) is 0 Å². The molecule has 7 aromatic carbocycles. The maximum Gasteiger partial charge on any atom is 0.136 e. The molecule has 0 spiro atoms. The number of ether oxygens (including phenoxy) is 1. The van der Waals surface area contributed by atoms with Gasteiger partial charge < -0.3 is 9.15 Å². The largest absolute Gasteiger partial charge is 0.456 e. The minimum absolute atomic E-state index is 0.626. The van der Waals surface area contributed by atoms with Gasteiger partial charge in [0, 0.05) is 39.2 Å². The van der Waals surface area contributed by atoms with Gasteiger partial charge in [-0.1, -0.05) is 115 Å². The van der Waals surface area contributed by atoms with Crippen molar-refractivity contribution >= 4 is 21.9 Å². The number of fused-ring (bicyclic) bond motifs is 12. The van der Waals surface area contributed by atoms with E-state index in [9.17, 15) is 5.26 Å². The van der Waals surface area contributed by atoms with E-state index in [1.165, 1.54) is 0 Å². The molecule has 4 nitrogen and oxygen atoms in total. The Morgan fingerprint density at radius 2 is 1.04 bits per heavy atom. The molecule has 4 heteroatoms. The molecule has 52 heavy (non-hydrogen) atoms. The molecule has 3 heterocycles. The molecule has 10 rings (SSSR count). The van der Waals surface area contributed by atoms with Gasteiger partial charge in [-0.3, -0.25) is 4.98 Å². The molecule has 2 aromatic heterocycles.